The molecule has 0 atom stereocenters. The van der Waals surface area contributed by atoms with E-state index in [1.165, 1.54) is 0 Å². The van der Waals surface area contributed by atoms with Crippen LogP contribution in [0.15, 0.2) is 12.1 Å². The van der Waals surface area contributed by atoms with Crippen LogP contribution in [-0.2, 0) is 5.41 Å². The summed E-state index contributed by atoms with van der Waals surface area (Å²) in [5.41, 5.74) is 1.81. The first-order valence-corrected chi connectivity index (χ1v) is 7.20. The molecule has 1 fully saturated rings. The smallest absolute Gasteiger partial charge is 0.169 e. The quantitative estimate of drug-likeness (QED) is 0.762. The Hall–Kier alpha value is -1.02. The van der Waals surface area contributed by atoms with Gasteiger partial charge in [-0.3, -0.25) is 4.79 Å². The van der Waals surface area contributed by atoms with Gasteiger partial charge in [-0.2, -0.15) is 0 Å². The molecule has 1 aromatic carbocycles. The molecule has 0 spiro atoms. The maximum absolute atomic E-state index is 12.8. The maximum Gasteiger partial charge on any atom is 0.169 e. The van der Waals surface area contributed by atoms with E-state index in [2.05, 4.69) is 13.8 Å². The Labute approximate surface area is 119 Å². The summed E-state index contributed by atoms with van der Waals surface area (Å²) in [6, 6.07) is 3.79. The first kappa shape index (κ1) is 13.0. The van der Waals surface area contributed by atoms with Crippen molar-refractivity contribution in [1.29, 1.82) is 0 Å². The molecule has 0 N–H and O–H groups in total. The Bertz CT molecular complexity index is 554. The molecule has 4 rings (SSSR count). The molecular weight excluding hydrogens is 260 g/mol. The number of carbonyl (C=O) groups is 1. The average molecular weight is 279 g/mol. The monoisotopic (exact) mass is 278 g/mol. The van der Waals surface area contributed by atoms with Gasteiger partial charge >= 0.3 is 0 Å². The van der Waals surface area contributed by atoms with E-state index in [1.807, 2.05) is 12.1 Å². The fourth-order valence-electron chi connectivity index (χ4n) is 3.57. The number of ether oxygens (including phenoxy) is 1. The SMILES string of the molecule is COc1cc2c(cc1Cl)C1(C)CCC(C)(CC1)C2=O. The van der Waals surface area contributed by atoms with E-state index < -0.39 is 0 Å². The molecule has 0 unspecified atom stereocenters. The van der Waals surface area contributed by atoms with Crippen molar-refractivity contribution in [2.24, 2.45) is 5.41 Å². The lowest BCUT2D eigenvalue weighted by molar-refractivity contribution is 0.0731. The summed E-state index contributed by atoms with van der Waals surface area (Å²) in [6.07, 6.45) is 4.06. The van der Waals surface area contributed by atoms with Gasteiger partial charge in [0.1, 0.15) is 5.75 Å². The maximum atomic E-state index is 12.8. The van der Waals surface area contributed by atoms with Crippen LogP contribution in [0.1, 0.15) is 55.5 Å². The summed E-state index contributed by atoms with van der Waals surface area (Å²) >= 11 is 6.26. The largest absolute Gasteiger partial charge is 0.495 e. The third-order valence-corrected chi connectivity index (χ3v) is 5.49. The number of ketones is 1. The zero-order valence-electron chi connectivity index (χ0n) is 11.7. The van der Waals surface area contributed by atoms with Gasteiger partial charge in [-0.1, -0.05) is 25.4 Å². The summed E-state index contributed by atoms with van der Waals surface area (Å²) in [5.74, 6) is 0.862. The minimum Gasteiger partial charge on any atom is -0.495 e. The first-order chi connectivity index (χ1) is 8.89. The van der Waals surface area contributed by atoms with Crippen molar-refractivity contribution in [3.63, 3.8) is 0 Å². The van der Waals surface area contributed by atoms with Crippen molar-refractivity contribution in [3.8, 4) is 5.75 Å². The van der Waals surface area contributed by atoms with E-state index >= 15 is 0 Å². The van der Waals surface area contributed by atoms with E-state index in [0.717, 1.165) is 36.8 Å². The van der Waals surface area contributed by atoms with Gasteiger partial charge < -0.3 is 4.74 Å². The number of rotatable bonds is 1. The highest BCUT2D eigenvalue weighted by atomic mass is 35.5. The van der Waals surface area contributed by atoms with Gasteiger partial charge in [-0.05, 0) is 48.8 Å². The average Bonchev–Trinajstić information content (AvgIpc) is 2.52. The molecule has 2 nitrogen and oxygen atoms in total. The number of methoxy groups -OCH3 is 1. The van der Waals surface area contributed by atoms with Crippen molar-refractivity contribution >= 4 is 17.4 Å². The molecule has 0 radical (unpaired) electrons. The predicted molar refractivity (Wildman–Crippen MR) is 76.3 cm³/mol. The molecule has 0 amide bonds. The Kier molecular flexibility index (Phi) is 2.72. The van der Waals surface area contributed by atoms with Crippen LogP contribution < -0.4 is 4.74 Å². The lowest BCUT2D eigenvalue weighted by Gasteiger charge is -2.38. The molecule has 1 saturated carbocycles. The van der Waals surface area contributed by atoms with E-state index in [0.29, 0.717) is 10.8 Å². The number of fused-ring (bicyclic) bond motifs is 2. The molecule has 0 heterocycles. The molecule has 3 aliphatic rings. The van der Waals surface area contributed by atoms with Crippen molar-refractivity contribution < 1.29 is 9.53 Å². The molecule has 102 valence electrons. The van der Waals surface area contributed by atoms with Crippen LogP contribution in [0.2, 0.25) is 5.02 Å². The molecule has 2 bridgehead atoms. The highest BCUT2D eigenvalue weighted by Gasteiger charge is 2.48. The van der Waals surface area contributed by atoms with Crippen LogP contribution in [-0.4, -0.2) is 12.9 Å². The minimum absolute atomic E-state index is 0.0803. The fraction of sp³-hybridized carbons (Fsp3) is 0.562. The Morgan fingerprint density at radius 1 is 1.11 bits per heavy atom. The van der Waals surface area contributed by atoms with Gasteiger partial charge in [0.15, 0.2) is 5.78 Å². The van der Waals surface area contributed by atoms with Gasteiger partial charge in [-0.25, -0.2) is 0 Å². The van der Waals surface area contributed by atoms with Gasteiger partial charge in [0.25, 0.3) is 0 Å². The lowest BCUT2D eigenvalue weighted by atomic mass is 9.65. The Balaban J connectivity index is 2.28. The number of halogens is 1. The van der Waals surface area contributed by atoms with Crippen LogP contribution in [0.5, 0.6) is 5.75 Å². The number of carbonyl (C=O) groups excluding carboxylic acids is 1. The summed E-state index contributed by atoms with van der Waals surface area (Å²) in [6.45, 7) is 4.36. The normalized spacial score (nSPS) is 32.9. The fourth-order valence-corrected chi connectivity index (χ4v) is 3.81. The number of hydrogen-bond acceptors (Lipinski definition) is 2. The van der Waals surface area contributed by atoms with Crippen LogP contribution in [0, 0.1) is 5.41 Å². The lowest BCUT2D eigenvalue weighted by Crippen LogP contribution is -2.33. The van der Waals surface area contributed by atoms with Crippen molar-refractivity contribution in [2.45, 2.75) is 44.9 Å². The van der Waals surface area contributed by atoms with E-state index in [4.69, 9.17) is 16.3 Å². The molecule has 0 saturated heterocycles. The van der Waals surface area contributed by atoms with E-state index in [9.17, 15) is 4.79 Å². The van der Waals surface area contributed by atoms with Crippen molar-refractivity contribution in [3.05, 3.63) is 28.3 Å². The summed E-state index contributed by atoms with van der Waals surface area (Å²) < 4.78 is 5.27. The summed E-state index contributed by atoms with van der Waals surface area (Å²) in [4.78, 5) is 12.8. The minimum atomic E-state index is -0.205. The molecule has 0 aliphatic heterocycles. The molecule has 3 heteroatoms. The van der Waals surface area contributed by atoms with E-state index in [-0.39, 0.29) is 16.6 Å². The number of hydrogen-bond donors (Lipinski definition) is 0. The first-order valence-electron chi connectivity index (χ1n) is 6.82. The molecular formula is C16H19ClO2. The molecule has 19 heavy (non-hydrogen) atoms. The zero-order chi connectivity index (χ0) is 13.8. The summed E-state index contributed by atoms with van der Waals surface area (Å²) in [5, 5.41) is 0.603. The zero-order valence-corrected chi connectivity index (χ0v) is 12.4. The molecule has 3 aliphatic carbocycles. The van der Waals surface area contributed by atoms with Gasteiger partial charge in [0.2, 0.25) is 0 Å². The topological polar surface area (TPSA) is 26.3 Å². The van der Waals surface area contributed by atoms with Gasteiger partial charge in [-0.15, -0.1) is 0 Å². The molecule has 0 aromatic heterocycles. The predicted octanol–water partition coefficient (Wildman–Crippen LogP) is 4.38. The van der Waals surface area contributed by atoms with Gasteiger partial charge in [0.05, 0.1) is 12.1 Å². The number of Topliss-reactive ketones (excluding diaryl/α,β-unsaturated/α-hetero) is 1. The van der Waals surface area contributed by atoms with Crippen molar-refractivity contribution in [1.82, 2.24) is 0 Å². The Morgan fingerprint density at radius 3 is 2.26 bits per heavy atom. The second kappa shape index (κ2) is 3.99. The highest BCUT2D eigenvalue weighted by Crippen LogP contribution is 2.54. The summed E-state index contributed by atoms with van der Waals surface area (Å²) in [7, 11) is 1.59. The van der Waals surface area contributed by atoms with Crippen LogP contribution in [0.4, 0.5) is 0 Å². The van der Waals surface area contributed by atoms with Crippen molar-refractivity contribution in [2.75, 3.05) is 7.11 Å². The standard InChI is InChI=1S/C16H19ClO2/c1-15-4-6-16(2,7-5-15)14(18)10-8-13(19-3)12(17)9-11(10)15/h8-9H,4-7H2,1-3H3. The third-order valence-electron chi connectivity index (χ3n) is 5.19. The molecule has 1 aromatic rings. The Morgan fingerprint density at radius 2 is 1.68 bits per heavy atom. The van der Waals surface area contributed by atoms with Crippen LogP contribution in [0.25, 0.3) is 0 Å². The van der Waals surface area contributed by atoms with E-state index in [1.54, 1.807) is 7.11 Å². The number of benzene rings is 1. The van der Waals surface area contributed by atoms with Gasteiger partial charge in [0, 0.05) is 11.0 Å². The second-order valence-corrected chi connectivity index (χ2v) is 6.89. The highest BCUT2D eigenvalue weighted by molar-refractivity contribution is 6.32. The van der Waals surface area contributed by atoms with Crippen LogP contribution >= 0.6 is 11.6 Å². The third kappa shape index (κ3) is 1.73. The van der Waals surface area contributed by atoms with Crippen LogP contribution in [0.3, 0.4) is 0 Å². The second-order valence-electron chi connectivity index (χ2n) is 6.48.